The van der Waals surface area contributed by atoms with Gasteiger partial charge in [0.1, 0.15) is 5.82 Å². The van der Waals surface area contributed by atoms with E-state index in [2.05, 4.69) is 17.1 Å². The van der Waals surface area contributed by atoms with Gasteiger partial charge in [0, 0.05) is 43.6 Å². The van der Waals surface area contributed by atoms with Crippen molar-refractivity contribution in [1.29, 1.82) is 0 Å². The van der Waals surface area contributed by atoms with Crippen LogP contribution in [0.25, 0.3) is 0 Å². The van der Waals surface area contributed by atoms with Crippen LogP contribution >= 0.6 is 0 Å². The van der Waals surface area contributed by atoms with Crippen molar-refractivity contribution < 1.29 is 14.0 Å². The highest BCUT2D eigenvalue weighted by Crippen LogP contribution is 2.23. The number of carbonyl (C=O) groups excluding carboxylic acids is 2. The van der Waals surface area contributed by atoms with Crippen LogP contribution in [0.1, 0.15) is 30.1 Å². The summed E-state index contributed by atoms with van der Waals surface area (Å²) < 4.78 is 13.1. The van der Waals surface area contributed by atoms with Gasteiger partial charge >= 0.3 is 0 Å². The molecule has 1 fully saturated rings. The maximum atomic E-state index is 13.1. The molecule has 1 aliphatic heterocycles. The summed E-state index contributed by atoms with van der Waals surface area (Å²) in [5.41, 5.74) is 2.24. The summed E-state index contributed by atoms with van der Waals surface area (Å²) in [7, 11) is 2.00. The van der Waals surface area contributed by atoms with Crippen molar-refractivity contribution in [1.82, 2.24) is 4.90 Å². The van der Waals surface area contributed by atoms with Crippen molar-refractivity contribution in [3.8, 4) is 0 Å². The number of nitrogens with zero attached hydrogens (tertiary/aromatic N) is 2. The Balaban J connectivity index is 1.64. The number of halogens is 1. The molecule has 0 radical (unpaired) electrons. The second-order valence-electron chi connectivity index (χ2n) is 7.15. The van der Waals surface area contributed by atoms with Gasteiger partial charge in [0.25, 0.3) is 5.91 Å². The Hall–Kier alpha value is -2.89. The van der Waals surface area contributed by atoms with E-state index in [1.54, 1.807) is 4.90 Å². The first-order valence-electron chi connectivity index (χ1n) is 9.65. The second-order valence-corrected chi connectivity index (χ2v) is 7.15. The summed E-state index contributed by atoms with van der Waals surface area (Å²) in [6, 6.07) is 13.3. The molecule has 6 heteroatoms. The fourth-order valence-electron chi connectivity index (χ4n) is 3.40. The van der Waals surface area contributed by atoms with Gasteiger partial charge in [-0.05, 0) is 62.2 Å². The summed E-state index contributed by atoms with van der Waals surface area (Å²) in [5.74, 6) is -0.869. The van der Waals surface area contributed by atoms with Gasteiger partial charge in [0.15, 0.2) is 0 Å². The van der Waals surface area contributed by atoms with Crippen LogP contribution in [-0.4, -0.2) is 43.4 Å². The Labute approximate surface area is 165 Å². The van der Waals surface area contributed by atoms with Gasteiger partial charge in [-0.25, -0.2) is 4.39 Å². The van der Waals surface area contributed by atoms with Crippen molar-refractivity contribution >= 4 is 23.2 Å². The van der Waals surface area contributed by atoms with Crippen LogP contribution in [0.2, 0.25) is 0 Å². The average Bonchev–Trinajstić information content (AvgIpc) is 2.73. The Morgan fingerprint density at radius 2 is 1.96 bits per heavy atom. The van der Waals surface area contributed by atoms with E-state index < -0.39 is 0 Å². The fourth-order valence-corrected chi connectivity index (χ4v) is 3.40. The van der Waals surface area contributed by atoms with Gasteiger partial charge in [-0.15, -0.1) is 0 Å². The van der Waals surface area contributed by atoms with Crippen molar-refractivity contribution in [2.45, 2.75) is 19.8 Å². The van der Waals surface area contributed by atoms with E-state index >= 15 is 0 Å². The summed E-state index contributed by atoms with van der Waals surface area (Å²) in [5, 5.41) is 2.98. The number of amides is 2. The highest BCUT2D eigenvalue weighted by molar-refractivity contribution is 5.96. The Morgan fingerprint density at radius 1 is 1.21 bits per heavy atom. The minimum atomic E-state index is -0.372. The molecular weight excluding hydrogens is 357 g/mol. The van der Waals surface area contributed by atoms with E-state index in [4.69, 9.17) is 0 Å². The van der Waals surface area contributed by atoms with Gasteiger partial charge in [-0.1, -0.05) is 6.07 Å². The molecule has 2 amide bonds. The van der Waals surface area contributed by atoms with Crippen LogP contribution in [0.5, 0.6) is 0 Å². The molecule has 1 N–H and O–H groups in total. The van der Waals surface area contributed by atoms with Gasteiger partial charge < -0.3 is 15.1 Å². The van der Waals surface area contributed by atoms with E-state index in [1.807, 2.05) is 31.3 Å². The molecule has 0 spiro atoms. The molecule has 1 aliphatic rings. The lowest BCUT2D eigenvalue weighted by Crippen LogP contribution is -2.43. The minimum Gasteiger partial charge on any atom is -0.375 e. The summed E-state index contributed by atoms with van der Waals surface area (Å²) in [6.07, 6.45) is 1.51. The molecule has 2 aromatic carbocycles. The first-order valence-corrected chi connectivity index (χ1v) is 9.65. The number of anilines is 2. The van der Waals surface area contributed by atoms with Gasteiger partial charge in [-0.3, -0.25) is 9.59 Å². The quantitative estimate of drug-likeness (QED) is 0.855. The smallest absolute Gasteiger partial charge is 0.253 e. The topological polar surface area (TPSA) is 52.7 Å². The molecule has 5 nitrogen and oxygen atoms in total. The molecule has 1 heterocycles. The monoisotopic (exact) mass is 383 g/mol. The third kappa shape index (κ3) is 4.68. The highest BCUT2D eigenvalue weighted by Gasteiger charge is 2.29. The molecular formula is C22H26FN3O2. The van der Waals surface area contributed by atoms with Crippen LogP contribution in [0.3, 0.4) is 0 Å². The number of piperidine rings is 1. The van der Waals surface area contributed by atoms with Crippen molar-refractivity contribution in [2.24, 2.45) is 5.92 Å². The number of hydrogen-bond donors (Lipinski definition) is 1. The van der Waals surface area contributed by atoms with Crippen molar-refractivity contribution in [3.05, 3.63) is 59.9 Å². The third-order valence-corrected chi connectivity index (χ3v) is 5.20. The molecule has 0 aromatic heterocycles. The summed E-state index contributed by atoms with van der Waals surface area (Å²) in [4.78, 5) is 29.2. The lowest BCUT2D eigenvalue weighted by Gasteiger charge is -2.32. The highest BCUT2D eigenvalue weighted by atomic mass is 19.1. The molecule has 0 bridgehead atoms. The van der Waals surface area contributed by atoms with Crippen LogP contribution < -0.4 is 10.2 Å². The predicted molar refractivity (Wildman–Crippen MR) is 109 cm³/mol. The first-order chi connectivity index (χ1) is 13.5. The van der Waals surface area contributed by atoms with E-state index in [9.17, 15) is 14.0 Å². The number of likely N-dealkylation sites (tertiary alicyclic amines) is 1. The maximum absolute atomic E-state index is 13.1. The lowest BCUT2D eigenvalue weighted by molar-refractivity contribution is -0.121. The molecule has 1 saturated heterocycles. The molecule has 0 saturated carbocycles. The van der Waals surface area contributed by atoms with E-state index in [0.717, 1.165) is 30.8 Å². The van der Waals surface area contributed by atoms with Gasteiger partial charge in [0.2, 0.25) is 5.91 Å². The molecule has 1 atom stereocenters. The maximum Gasteiger partial charge on any atom is 0.253 e. The summed E-state index contributed by atoms with van der Waals surface area (Å²) in [6.45, 7) is 3.92. The number of hydrogen-bond acceptors (Lipinski definition) is 3. The normalized spacial score (nSPS) is 16.5. The molecule has 148 valence electrons. The molecule has 0 aliphatic carbocycles. The minimum absolute atomic E-state index is 0.0760. The standard InChI is InChI=1S/C22H26FN3O2/c1-3-25(2)20-8-4-7-19(14-20)24-21(27)17-6-5-13-26(15-17)22(28)16-9-11-18(23)12-10-16/h4,7-12,14,17H,3,5-6,13,15H2,1-2H3,(H,24,27). The lowest BCUT2D eigenvalue weighted by atomic mass is 9.96. The van der Waals surface area contributed by atoms with E-state index in [1.165, 1.54) is 24.3 Å². The zero-order valence-corrected chi connectivity index (χ0v) is 16.3. The summed E-state index contributed by atoms with van der Waals surface area (Å²) >= 11 is 0. The average molecular weight is 383 g/mol. The zero-order valence-electron chi connectivity index (χ0n) is 16.3. The number of carbonyl (C=O) groups is 2. The first kappa shape index (κ1) is 19.9. The Kier molecular flexibility index (Phi) is 6.29. The van der Waals surface area contributed by atoms with E-state index in [-0.39, 0.29) is 23.5 Å². The molecule has 1 unspecified atom stereocenters. The van der Waals surface area contributed by atoms with Crippen molar-refractivity contribution in [2.75, 3.05) is 36.9 Å². The van der Waals surface area contributed by atoms with Crippen LogP contribution in [0.15, 0.2) is 48.5 Å². The Bertz CT molecular complexity index is 838. The van der Waals surface area contributed by atoms with Crippen molar-refractivity contribution in [3.63, 3.8) is 0 Å². The third-order valence-electron chi connectivity index (χ3n) is 5.20. The molecule has 2 aromatic rings. The van der Waals surface area contributed by atoms with Gasteiger partial charge in [-0.2, -0.15) is 0 Å². The largest absolute Gasteiger partial charge is 0.375 e. The SMILES string of the molecule is CCN(C)c1cccc(NC(=O)C2CCCN(C(=O)c3ccc(F)cc3)C2)c1. The number of nitrogens with one attached hydrogen (secondary N) is 1. The second kappa shape index (κ2) is 8.87. The zero-order chi connectivity index (χ0) is 20.1. The Morgan fingerprint density at radius 3 is 2.68 bits per heavy atom. The fraction of sp³-hybridized carbons (Fsp3) is 0.364. The van der Waals surface area contributed by atoms with Crippen LogP contribution in [0.4, 0.5) is 15.8 Å². The number of rotatable bonds is 5. The predicted octanol–water partition coefficient (Wildman–Crippen LogP) is 3.77. The van der Waals surface area contributed by atoms with Gasteiger partial charge in [0.05, 0.1) is 5.92 Å². The van der Waals surface area contributed by atoms with E-state index in [0.29, 0.717) is 18.7 Å². The molecule has 28 heavy (non-hydrogen) atoms. The number of benzene rings is 2. The van der Waals surface area contributed by atoms with Crippen LogP contribution in [0, 0.1) is 11.7 Å². The molecule has 3 rings (SSSR count). The van der Waals surface area contributed by atoms with Crippen LogP contribution in [-0.2, 0) is 4.79 Å².